The summed E-state index contributed by atoms with van der Waals surface area (Å²) >= 11 is 10.5. The Balaban J connectivity index is 2.31. The molecule has 0 atom stereocenters. The van der Waals surface area contributed by atoms with Crippen molar-refractivity contribution in [3.8, 4) is 0 Å². The molecule has 3 N–H and O–H groups in total. The van der Waals surface area contributed by atoms with Gasteiger partial charge in [-0.25, -0.2) is 8.78 Å². The molecule has 0 aliphatic heterocycles. The summed E-state index contributed by atoms with van der Waals surface area (Å²) in [5.74, 6) is -1.05. The Hall–Kier alpha value is -1.72. The number of nitrogens with one attached hydrogen (secondary N) is 1. The zero-order valence-corrected chi connectivity index (χ0v) is 11.2. The lowest BCUT2D eigenvalue weighted by molar-refractivity contribution is 0.625. The summed E-state index contributed by atoms with van der Waals surface area (Å²) in [6.45, 7) is 0. The van der Waals surface area contributed by atoms with Crippen LogP contribution in [-0.2, 0) is 0 Å². The fourth-order valence-electron chi connectivity index (χ4n) is 1.54. The van der Waals surface area contributed by atoms with E-state index in [1.165, 1.54) is 30.3 Å². The molecule has 2 nitrogen and oxygen atoms in total. The summed E-state index contributed by atoms with van der Waals surface area (Å²) in [7, 11) is 0. The zero-order chi connectivity index (χ0) is 14.0. The summed E-state index contributed by atoms with van der Waals surface area (Å²) in [4.78, 5) is -0.0296. The summed E-state index contributed by atoms with van der Waals surface area (Å²) in [6.07, 6.45) is 0. The molecule has 0 heterocycles. The van der Waals surface area contributed by atoms with Gasteiger partial charge < -0.3 is 11.1 Å². The van der Waals surface area contributed by atoms with Crippen LogP contribution in [0.3, 0.4) is 0 Å². The quantitative estimate of drug-likeness (QED) is 0.841. The lowest BCUT2D eigenvalue weighted by Gasteiger charge is -2.09. The standard InChI is InChI=1S/C13H9ClF2N2S/c14-7-1-4-10(15)12(5-7)18-8-2-3-9(13(17)19)11(16)6-8/h1-6,18H,(H2,17,19). The van der Waals surface area contributed by atoms with E-state index >= 15 is 0 Å². The molecule has 98 valence electrons. The molecule has 2 rings (SSSR count). The van der Waals surface area contributed by atoms with Crippen LogP contribution in [-0.4, -0.2) is 4.99 Å². The number of nitrogens with two attached hydrogens (primary N) is 1. The van der Waals surface area contributed by atoms with Gasteiger partial charge in [0.2, 0.25) is 0 Å². The van der Waals surface area contributed by atoms with E-state index in [0.29, 0.717) is 10.7 Å². The molecule has 0 spiro atoms. The molecule has 0 saturated carbocycles. The molecular formula is C13H9ClF2N2S. The maximum atomic E-state index is 13.7. The van der Waals surface area contributed by atoms with Gasteiger partial charge in [0.15, 0.2) is 0 Å². The molecule has 0 fully saturated rings. The second-order valence-corrected chi connectivity index (χ2v) is 4.68. The van der Waals surface area contributed by atoms with Crippen molar-refractivity contribution in [2.75, 3.05) is 5.32 Å². The lowest BCUT2D eigenvalue weighted by atomic mass is 10.2. The van der Waals surface area contributed by atoms with Crippen molar-refractivity contribution in [3.63, 3.8) is 0 Å². The van der Waals surface area contributed by atoms with Crippen LogP contribution in [0.25, 0.3) is 0 Å². The molecule has 6 heteroatoms. The van der Waals surface area contributed by atoms with Gasteiger partial charge in [-0.3, -0.25) is 0 Å². The van der Waals surface area contributed by atoms with Crippen LogP contribution in [0.2, 0.25) is 5.02 Å². The van der Waals surface area contributed by atoms with Gasteiger partial charge in [-0.15, -0.1) is 0 Å². The van der Waals surface area contributed by atoms with Crippen LogP contribution in [0, 0.1) is 11.6 Å². The van der Waals surface area contributed by atoms with Gasteiger partial charge in [-0.1, -0.05) is 23.8 Å². The molecule has 0 aromatic heterocycles. The van der Waals surface area contributed by atoms with Crippen molar-refractivity contribution >= 4 is 40.2 Å². The molecule has 2 aromatic carbocycles. The van der Waals surface area contributed by atoms with Gasteiger partial charge in [-0.05, 0) is 36.4 Å². The first-order valence-electron chi connectivity index (χ1n) is 5.29. The summed E-state index contributed by atoms with van der Waals surface area (Å²) < 4.78 is 27.2. The Labute approximate surface area is 119 Å². The van der Waals surface area contributed by atoms with Crippen LogP contribution >= 0.6 is 23.8 Å². The van der Waals surface area contributed by atoms with Crippen molar-refractivity contribution in [2.45, 2.75) is 0 Å². The molecule has 0 unspecified atom stereocenters. The maximum absolute atomic E-state index is 13.7. The van der Waals surface area contributed by atoms with Crippen molar-refractivity contribution in [2.24, 2.45) is 5.73 Å². The minimum absolute atomic E-state index is 0.0296. The van der Waals surface area contributed by atoms with E-state index in [9.17, 15) is 8.78 Å². The highest BCUT2D eigenvalue weighted by atomic mass is 35.5. The third kappa shape index (κ3) is 3.19. The first-order chi connectivity index (χ1) is 8.97. The van der Waals surface area contributed by atoms with Crippen molar-refractivity contribution in [1.29, 1.82) is 0 Å². The number of thiocarbonyl (C=S) groups is 1. The molecule has 0 amide bonds. The first-order valence-corrected chi connectivity index (χ1v) is 6.07. The highest BCUT2D eigenvalue weighted by Crippen LogP contribution is 2.24. The predicted octanol–water partition coefficient (Wildman–Crippen LogP) is 4.00. The fraction of sp³-hybridized carbons (Fsp3) is 0. The molecule has 0 aliphatic rings. The number of rotatable bonds is 3. The highest BCUT2D eigenvalue weighted by molar-refractivity contribution is 7.80. The largest absolute Gasteiger partial charge is 0.389 e. The minimum atomic E-state index is -0.570. The maximum Gasteiger partial charge on any atom is 0.146 e. The second kappa shape index (κ2) is 5.50. The average molecular weight is 299 g/mol. The number of halogens is 3. The third-order valence-corrected chi connectivity index (χ3v) is 2.90. The monoisotopic (exact) mass is 298 g/mol. The molecule has 2 aromatic rings. The van der Waals surface area contributed by atoms with E-state index in [4.69, 9.17) is 29.6 Å². The SMILES string of the molecule is NC(=S)c1ccc(Nc2cc(Cl)ccc2F)cc1F. The lowest BCUT2D eigenvalue weighted by Crippen LogP contribution is -2.11. The summed E-state index contributed by atoms with van der Waals surface area (Å²) in [6, 6.07) is 8.24. The van der Waals surface area contributed by atoms with Gasteiger partial charge in [-0.2, -0.15) is 0 Å². The molecule has 0 radical (unpaired) electrons. The summed E-state index contributed by atoms with van der Waals surface area (Å²) in [5, 5.41) is 3.12. The van der Waals surface area contributed by atoms with Crippen molar-refractivity contribution in [3.05, 3.63) is 58.6 Å². The van der Waals surface area contributed by atoms with Crippen LogP contribution in [0.4, 0.5) is 20.2 Å². The van der Waals surface area contributed by atoms with E-state index in [1.807, 2.05) is 0 Å². The second-order valence-electron chi connectivity index (χ2n) is 3.81. The number of hydrogen-bond acceptors (Lipinski definition) is 2. The third-order valence-electron chi connectivity index (χ3n) is 2.44. The van der Waals surface area contributed by atoms with Crippen LogP contribution in [0.15, 0.2) is 36.4 Å². The number of hydrogen-bond donors (Lipinski definition) is 2. The smallest absolute Gasteiger partial charge is 0.146 e. The normalized spacial score (nSPS) is 10.3. The minimum Gasteiger partial charge on any atom is -0.389 e. The summed E-state index contributed by atoms with van der Waals surface area (Å²) in [5.41, 5.74) is 6.04. The van der Waals surface area contributed by atoms with Gasteiger partial charge in [0.1, 0.15) is 16.6 Å². The van der Waals surface area contributed by atoms with E-state index in [-0.39, 0.29) is 16.2 Å². The highest BCUT2D eigenvalue weighted by Gasteiger charge is 2.08. The van der Waals surface area contributed by atoms with E-state index < -0.39 is 11.6 Å². The van der Waals surface area contributed by atoms with Crippen molar-refractivity contribution < 1.29 is 8.78 Å². The van der Waals surface area contributed by atoms with Crippen LogP contribution < -0.4 is 11.1 Å². The molecular weight excluding hydrogens is 290 g/mol. The zero-order valence-electron chi connectivity index (χ0n) is 9.58. The van der Waals surface area contributed by atoms with Gasteiger partial charge in [0, 0.05) is 16.3 Å². The van der Waals surface area contributed by atoms with Crippen LogP contribution in [0.1, 0.15) is 5.56 Å². The number of anilines is 2. The van der Waals surface area contributed by atoms with Gasteiger partial charge in [0.05, 0.1) is 5.69 Å². The topological polar surface area (TPSA) is 38.0 Å². The first kappa shape index (κ1) is 13.7. The van der Waals surface area contributed by atoms with E-state index in [1.54, 1.807) is 6.07 Å². The number of benzene rings is 2. The van der Waals surface area contributed by atoms with Crippen LogP contribution in [0.5, 0.6) is 0 Å². The predicted molar refractivity (Wildman–Crippen MR) is 77.0 cm³/mol. The van der Waals surface area contributed by atoms with Crippen molar-refractivity contribution in [1.82, 2.24) is 0 Å². The van der Waals surface area contributed by atoms with E-state index in [2.05, 4.69) is 5.32 Å². The Bertz CT molecular complexity index is 647. The molecule has 0 bridgehead atoms. The molecule has 19 heavy (non-hydrogen) atoms. The van der Waals surface area contributed by atoms with Gasteiger partial charge in [0.25, 0.3) is 0 Å². The van der Waals surface area contributed by atoms with Gasteiger partial charge >= 0.3 is 0 Å². The molecule has 0 aliphatic carbocycles. The average Bonchev–Trinajstić information content (AvgIpc) is 2.33. The Kier molecular flexibility index (Phi) is 3.97. The van der Waals surface area contributed by atoms with E-state index in [0.717, 1.165) is 0 Å². The Morgan fingerprint density at radius 1 is 1.11 bits per heavy atom. The fourth-order valence-corrected chi connectivity index (χ4v) is 1.88. The Morgan fingerprint density at radius 2 is 1.84 bits per heavy atom. The molecule has 0 saturated heterocycles. The Morgan fingerprint density at radius 3 is 2.47 bits per heavy atom.